The number of aliphatic hydroxyl groups is 1. The second-order valence-electron chi connectivity index (χ2n) is 7.03. The number of amides is 1. The summed E-state index contributed by atoms with van der Waals surface area (Å²) < 4.78 is 5.21. The Morgan fingerprint density at radius 1 is 1.19 bits per heavy atom. The van der Waals surface area contributed by atoms with Crippen LogP contribution in [-0.4, -0.2) is 29.2 Å². The molecular weight excluding hydrogens is 340 g/mol. The number of aliphatic hydroxyl groups excluding tert-OH is 1. The summed E-state index contributed by atoms with van der Waals surface area (Å²) in [6.45, 7) is 0. The Morgan fingerprint density at radius 3 is 2.78 bits per heavy atom. The van der Waals surface area contributed by atoms with E-state index in [0.29, 0.717) is 24.2 Å². The second-order valence-corrected chi connectivity index (χ2v) is 7.03. The summed E-state index contributed by atoms with van der Waals surface area (Å²) in [5, 5.41) is 13.9. The van der Waals surface area contributed by atoms with Gasteiger partial charge in [0.2, 0.25) is 0 Å². The second kappa shape index (κ2) is 7.37. The van der Waals surface area contributed by atoms with E-state index in [1.54, 1.807) is 25.3 Å². The monoisotopic (exact) mass is 362 g/mol. The smallest absolute Gasteiger partial charge is 0.251 e. The number of methoxy groups -OCH3 is 1. The van der Waals surface area contributed by atoms with Crippen LogP contribution >= 0.6 is 0 Å². The summed E-state index contributed by atoms with van der Waals surface area (Å²) in [5.41, 5.74) is 2.43. The van der Waals surface area contributed by atoms with Crippen molar-refractivity contribution >= 4 is 16.8 Å². The van der Waals surface area contributed by atoms with Gasteiger partial charge in [0, 0.05) is 17.1 Å². The van der Waals surface area contributed by atoms with Gasteiger partial charge in [0.15, 0.2) is 0 Å². The number of rotatable bonds is 5. The van der Waals surface area contributed by atoms with E-state index in [1.807, 2.05) is 36.5 Å². The maximum atomic E-state index is 12.8. The quantitative estimate of drug-likeness (QED) is 0.729. The molecule has 5 nitrogen and oxygen atoms in total. The van der Waals surface area contributed by atoms with Crippen molar-refractivity contribution in [3.63, 3.8) is 0 Å². The molecule has 0 unspecified atom stereocenters. The summed E-state index contributed by atoms with van der Waals surface area (Å²) in [5.74, 6) is 0.677. The van der Waals surface area contributed by atoms with Crippen LogP contribution in [0.25, 0.3) is 10.9 Å². The highest BCUT2D eigenvalue weighted by atomic mass is 16.5. The fourth-order valence-corrected chi connectivity index (χ4v) is 3.62. The number of carbonyl (C=O) groups is 1. The third-order valence-corrected chi connectivity index (χ3v) is 5.21. The lowest BCUT2D eigenvalue weighted by atomic mass is 9.75. The molecule has 1 amide bonds. The predicted molar refractivity (Wildman–Crippen MR) is 104 cm³/mol. The number of benzene rings is 2. The molecule has 1 aliphatic carbocycles. The minimum absolute atomic E-state index is 0.159. The average molecular weight is 362 g/mol. The molecule has 3 aromatic rings. The molecule has 0 aliphatic heterocycles. The van der Waals surface area contributed by atoms with Crippen LogP contribution in [0.15, 0.2) is 60.8 Å². The highest BCUT2D eigenvalue weighted by Gasteiger charge is 2.36. The summed E-state index contributed by atoms with van der Waals surface area (Å²) in [6, 6.07) is 16.9. The van der Waals surface area contributed by atoms with Crippen molar-refractivity contribution in [1.82, 2.24) is 10.3 Å². The number of aromatic nitrogens is 1. The average Bonchev–Trinajstić information content (AvgIpc) is 2.69. The molecule has 138 valence electrons. The number of ether oxygens (including phenoxy) is 1. The van der Waals surface area contributed by atoms with Crippen LogP contribution in [0.1, 0.15) is 34.8 Å². The summed E-state index contributed by atoms with van der Waals surface area (Å²) in [7, 11) is 1.58. The van der Waals surface area contributed by atoms with Crippen LogP contribution in [0.2, 0.25) is 0 Å². The predicted octanol–water partition coefficient (Wildman–Crippen LogP) is 3.49. The highest BCUT2D eigenvalue weighted by Crippen LogP contribution is 2.38. The number of pyridine rings is 1. The van der Waals surface area contributed by atoms with Crippen LogP contribution in [0.4, 0.5) is 0 Å². The molecule has 27 heavy (non-hydrogen) atoms. The molecule has 0 radical (unpaired) electrons. The van der Waals surface area contributed by atoms with E-state index in [4.69, 9.17) is 4.74 Å². The van der Waals surface area contributed by atoms with Crippen LogP contribution in [-0.2, 0) is 0 Å². The first-order chi connectivity index (χ1) is 13.1. The Kier molecular flexibility index (Phi) is 4.77. The standard InChI is InChI=1S/C22H22N2O3/c1-27-19-7-4-6-15(12-19)22(26)24-21(16-10-18(25)11-16)17-9-14-5-2-3-8-20(14)23-13-17/h2-9,12-13,16,18,21,25H,10-11H2,1H3,(H,24,26)/t16?,18?,21-/m0/s1. The first kappa shape index (κ1) is 17.5. The number of hydrogen-bond donors (Lipinski definition) is 2. The van der Waals surface area contributed by atoms with Gasteiger partial charge in [0.1, 0.15) is 5.75 Å². The lowest BCUT2D eigenvalue weighted by Gasteiger charge is -2.38. The minimum Gasteiger partial charge on any atom is -0.497 e. The fourth-order valence-electron chi connectivity index (χ4n) is 3.62. The zero-order valence-corrected chi connectivity index (χ0v) is 15.1. The number of nitrogens with one attached hydrogen (secondary N) is 1. The van der Waals surface area contributed by atoms with Gasteiger partial charge in [-0.05, 0) is 54.7 Å². The van der Waals surface area contributed by atoms with Gasteiger partial charge < -0.3 is 15.2 Å². The lowest BCUT2D eigenvalue weighted by molar-refractivity contribution is 0.0235. The molecule has 2 aromatic carbocycles. The largest absolute Gasteiger partial charge is 0.497 e. The molecule has 1 aliphatic rings. The Balaban J connectivity index is 1.63. The van der Waals surface area contributed by atoms with E-state index < -0.39 is 0 Å². The third kappa shape index (κ3) is 3.64. The first-order valence-corrected chi connectivity index (χ1v) is 9.11. The van der Waals surface area contributed by atoms with Crippen molar-refractivity contribution in [3.8, 4) is 5.75 Å². The SMILES string of the molecule is COc1cccc(C(=O)N[C@H](c2cnc3ccccc3c2)C2CC(O)C2)c1. The van der Waals surface area contributed by atoms with Gasteiger partial charge in [-0.25, -0.2) is 0 Å². The van der Waals surface area contributed by atoms with Crippen molar-refractivity contribution in [1.29, 1.82) is 0 Å². The molecule has 0 spiro atoms. The lowest BCUT2D eigenvalue weighted by Crippen LogP contribution is -2.41. The number of fused-ring (bicyclic) bond motifs is 1. The van der Waals surface area contributed by atoms with E-state index in [9.17, 15) is 9.90 Å². The summed E-state index contributed by atoms with van der Waals surface area (Å²) >= 11 is 0. The van der Waals surface area contributed by atoms with Crippen LogP contribution in [0.3, 0.4) is 0 Å². The van der Waals surface area contributed by atoms with Crippen molar-refractivity contribution in [2.75, 3.05) is 7.11 Å². The zero-order chi connectivity index (χ0) is 18.8. The Hall–Kier alpha value is -2.92. The van der Waals surface area contributed by atoms with Gasteiger partial charge >= 0.3 is 0 Å². The van der Waals surface area contributed by atoms with E-state index in [2.05, 4.69) is 16.4 Å². The van der Waals surface area contributed by atoms with Gasteiger partial charge in [-0.2, -0.15) is 0 Å². The number of nitrogens with zero attached hydrogens (tertiary/aromatic N) is 1. The molecule has 1 aromatic heterocycles. The van der Waals surface area contributed by atoms with E-state index in [1.165, 1.54) is 0 Å². The van der Waals surface area contributed by atoms with Crippen molar-refractivity contribution in [2.24, 2.45) is 5.92 Å². The molecule has 0 bridgehead atoms. The molecule has 2 N–H and O–H groups in total. The van der Waals surface area contributed by atoms with Crippen molar-refractivity contribution < 1.29 is 14.6 Å². The molecule has 5 heteroatoms. The van der Waals surface area contributed by atoms with Gasteiger partial charge in [0.25, 0.3) is 5.91 Å². The van der Waals surface area contributed by atoms with E-state index in [-0.39, 0.29) is 24.0 Å². The maximum Gasteiger partial charge on any atom is 0.251 e. The summed E-state index contributed by atoms with van der Waals surface area (Å²) in [6.07, 6.45) is 2.88. The van der Waals surface area contributed by atoms with Crippen molar-refractivity contribution in [3.05, 3.63) is 71.9 Å². The molecule has 1 saturated carbocycles. The van der Waals surface area contributed by atoms with Crippen LogP contribution in [0.5, 0.6) is 5.75 Å². The van der Waals surface area contributed by atoms with Crippen LogP contribution < -0.4 is 10.1 Å². The number of hydrogen-bond acceptors (Lipinski definition) is 4. The molecule has 4 rings (SSSR count). The fraction of sp³-hybridized carbons (Fsp3) is 0.273. The van der Waals surface area contributed by atoms with Crippen LogP contribution in [0, 0.1) is 5.92 Å². The number of carbonyl (C=O) groups excluding carboxylic acids is 1. The molecule has 1 fully saturated rings. The zero-order valence-electron chi connectivity index (χ0n) is 15.1. The Morgan fingerprint density at radius 2 is 2.00 bits per heavy atom. The van der Waals surface area contributed by atoms with Gasteiger partial charge in [-0.1, -0.05) is 24.3 Å². The highest BCUT2D eigenvalue weighted by molar-refractivity contribution is 5.95. The number of para-hydroxylation sites is 1. The Bertz CT molecular complexity index is 966. The third-order valence-electron chi connectivity index (χ3n) is 5.21. The van der Waals surface area contributed by atoms with Gasteiger partial charge in [-0.15, -0.1) is 0 Å². The molecular formula is C22H22N2O3. The van der Waals surface area contributed by atoms with E-state index in [0.717, 1.165) is 16.5 Å². The Labute approximate surface area is 158 Å². The van der Waals surface area contributed by atoms with Gasteiger partial charge in [-0.3, -0.25) is 9.78 Å². The van der Waals surface area contributed by atoms with Crippen molar-refractivity contribution in [2.45, 2.75) is 25.0 Å². The van der Waals surface area contributed by atoms with E-state index >= 15 is 0 Å². The molecule has 1 heterocycles. The maximum absolute atomic E-state index is 12.8. The minimum atomic E-state index is -0.292. The topological polar surface area (TPSA) is 71.5 Å². The summed E-state index contributed by atoms with van der Waals surface area (Å²) in [4.78, 5) is 17.4. The van der Waals surface area contributed by atoms with Gasteiger partial charge in [0.05, 0.1) is 24.8 Å². The first-order valence-electron chi connectivity index (χ1n) is 9.11. The molecule has 0 saturated heterocycles. The molecule has 1 atom stereocenters. The normalized spacial score (nSPS) is 19.9.